The van der Waals surface area contributed by atoms with Gasteiger partial charge >= 0.3 is 6.18 Å². The van der Waals surface area contributed by atoms with E-state index < -0.39 is 11.9 Å². The number of alkyl halides is 3. The second-order valence-electron chi connectivity index (χ2n) is 8.21. The van der Waals surface area contributed by atoms with Crippen LogP contribution in [0.3, 0.4) is 0 Å². The summed E-state index contributed by atoms with van der Waals surface area (Å²) < 4.78 is 40.4. The highest BCUT2D eigenvalue weighted by Gasteiger charge is 2.36. The number of rotatable bonds is 3. The van der Waals surface area contributed by atoms with Crippen molar-refractivity contribution in [3.8, 4) is 0 Å². The molecule has 0 radical (unpaired) electrons. The Bertz CT molecular complexity index is 1000. The first-order chi connectivity index (χ1) is 13.2. The van der Waals surface area contributed by atoms with Crippen LogP contribution in [0.5, 0.6) is 0 Å². The lowest BCUT2D eigenvalue weighted by Gasteiger charge is -2.37. The van der Waals surface area contributed by atoms with E-state index in [0.717, 1.165) is 35.8 Å². The van der Waals surface area contributed by atoms with Gasteiger partial charge in [0.15, 0.2) is 0 Å². The predicted octanol–water partition coefficient (Wildman–Crippen LogP) is 4.42. The summed E-state index contributed by atoms with van der Waals surface area (Å²) in [6.07, 6.45) is -0.688. The van der Waals surface area contributed by atoms with E-state index in [0.29, 0.717) is 13.0 Å². The average Bonchev–Trinajstić information content (AvgIpc) is 2.94. The lowest BCUT2D eigenvalue weighted by molar-refractivity contribution is -0.141. The summed E-state index contributed by atoms with van der Waals surface area (Å²) in [5.74, 6) is 0. The normalized spacial score (nSPS) is 17.1. The summed E-state index contributed by atoms with van der Waals surface area (Å²) in [6.45, 7) is 6.93. The standard InChI is InChI=1S/C21H23F3N4/c1-20(2)13-27(3)12-16-15-5-4-9-25-19(15)28(18(16)20)10-8-14-6-7-17(26-11-14)21(22,23)24/h4-7,9,11H,8,10,12-13H2,1-3H3. The Morgan fingerprint density at radius 1 is 1.14 bits per heavy atom. The SMILES string of the molecule is CN1Cc2c(n(CCc3ccc(C(F)(F)F)nc3)c3ncccc23)C(C)(C)C1. The molecule has 3 aromatic rings. The second kappa shape index (κ2) is 6.58. The first kappa shape index (κ1) is 18.9. The van der Waals surface area contributed by atoms with E-state index >= 15 is 0 Å². The average molecular weight is 388 g/mol. The van der Waals surface area contributed by atoms with Gasteiger partial charge in [-0.05, 0) is 42.8 Å². The van der Waals surface area contributed by atoms with Gasteiger partial charge in [0, 0.05) is 48.5 Å². The minimum atomic E-state index is -4.41. The van der Waals surface area contributed by atoms with Gasteiger partial charge in [-0.1, -0.05) is 19.9 Å². The van der Waals surface area contributed by atoms with Crippen LogP contribution in [0.1, 0.15) is 36.4 Å². The molecule has 1 aliphatic heterocycles. The Balaban J connectivity index is 1.70. The molecular weight excluding hydrogens is 365 g/mol. The molecule has 148 valence electrons. The van der Waals surface area contributed by atoms with Gasteiger partial charge in [-0.15, -0.1) is 0 Å². The third-order valence-electron chi connectivity index (χ3n) is 5.40. The fraction of sp³-hybridized carbons (Fsp3) is 0.429. The highest BCUT2D eigenvalue weighted by atomic mass is 19.4. The number of aromatic nitrogens is 3. The van der Waals surface area contributed by atoms with Crippen LogP contribution in [0.25, 0.3) is 11.0 Å². The number of hydrogen-bond donors (Lipinski definition) is 0. The molecule has 0 aliphatic carbocycles. The third kappa shape index (κ3) is 3.28. The van der Waals surface area contributed by atoms with Gasteiger partial charge in [0.25, 0.3) is 0 Å². The number of likely N-dealkylation sites (N-methyl/N-ethyl adjacent to an activating group) is 1. The van der Waals surface area contributed by atoms with Crippen molar-refractivity contribution in [3.05, 3.63) is 59.2 Å². The van der Waals surface area contributed by atoms with E-state index in [1.165, 1.54) is 23.5 Å². The molecule has 0 aromatic carbocycles. The summed E-state index contributed by atoms with van der Waals surface area (Å²) in [6, 6.07) is 6.62. The third-order valence-corrected chi connectivity index (χ3v) is 5.40. The molecule has 0 amide bonds. The molecule has 4 rings (SSSR count). The van der Waals surface area contributed by atoms with Crippen LogP contribution in [0.2, 0.25) is 0 Å². The molecule has 0 spiro atoms. The van der Waals surface area contributed by atoms with E-state index in [2.05, 4.69) is 46.4 Å². The minimum absolute atomic E-state index is 0.0403. The van der Waals surface area contributed by atoms with Crippen LogP contribution < -0.4 is 0 Å². The molecule has 7 heteroatoms. The van der Waals surface area contributed by atoms with Gasteiger partial charge in [0.1, 0.15) is 11.3 Å². The maximum absolute atomic E-state index is 12.7. The van der Waals surface area contributed by atoms with Gasteiger partial charge in [0.2, 0.25) is 0 Å². The molecule has 28 heavy (non-hydrogen) atoms. The van der Waals surface area contributed by atoms with Crippen LogP contribution >= 0.6 is 0 Å². The van der Waals surface area contributed by atoms with Crippen molar-refractivity contribution in [3.63, 3.8) is 0 Å². The Morgan fingerprint density at radius 2 is 1.93 bits per heavy atom. The maximum atomic E-state index is 12.7. The molecule has 0 bridgehead atoms. The summed E-state index contributed by atoms with van der Waals surface area (Å²) >= 11 is 0. The highest BCUT2D eigenvalue weighted by molar-refractivity contribution is 5.83. The topological polar surface area (TPSA) is 34.0 Å². The summed E-state index contributed by atoms with van der Waals surface area (Å²) in [5.41, 5.74) is 3.40. The van der Waals surface area contributed by atoms with E-state index in [1.807, 2.05) is 6.07 Å². The molecule has 0 saturated heterocycles. The zero-order chi connectivity index (χ0) is 20.1. The summed E-state index contributed by atoms with van der Waals surface area (Å²) in [5, 5.41) is 1.16. The Hall–Kier alpha value is -2.41. The lowest BCUT2D eigenvalue weighted by Crippen LogP contribution is -2.41. The molecule has 0 fully saturated rings. The largest absolute Gasteiger partial charge is 0.433 e. The van der Waals surface area contributed by atoms with Crippen LogP contribution in [0.4, 0.5) is 13.2 Å². The number of halogens is 3. The van der Waals surface area contributed by atoms with Gasteiger partial charge in [0.05, 0.1) is 0 Å². The van der Waals surface area contributed by atoms with E-state index in [1.54, 1.807) is 6.20 Å². The van der Waals surface area contributed by atoms with Crippen LogP contribution in [0.15, 0.2) is 36.7 Å². The van der Waals surface area contributed by atoms with Crippen molar-refractivity contribution < 1.29 is 13.2 Å². The molecule has 1 aliphatic rings. The first-order valence-corrected chi connectivity index (χ1v) is 9.34. The smallest absolute Gasteiger partial charge is 0.328 e. The van der Waals surface area contributed by atoms with Crippen LogP contribution in [0, 0.1) is 0 Å². The molecule has 0 unspecified atom stereocenters. The van der Waals surface area contributed by atoms with E-state index in [9.17, 15) is 13.2 Å². The van der Waals surface area contributed by atoms with Crippen molar-refractivity contribution in [2.24, 2.45) is 0 Å². The molecule has 4 nitrogen and oxygen atoms in total. The Morgan fingerprint density at radius 3 is 2.61 bits per heavy atom. The van der Waals surface area contributed by atoms with E-state index in [-0.39, 0.29) is 5.41 Å². The number of aryl methyl sites for hydroxylation is 2. The van der Waals surface area contributed by atoms with Crippen molar-refractivity contribution in [1.29, 1.82) is 0 Å². The molecule has 0 N–H and O–H groups in total. The van der Waals surface area contributed by atoms with Gasteiger partial charge in [-0.25, -0.2) is 4.98 Å². The molecular formula is C21H23F3N4. The van der Waals surface area contributed by atoms with Crippen molar-refractivity contribution >= 4 is 11.0 Å². The second-order valence-corrected chi connectivity index (χ2v) is 8.21. The zero-order valence-electron chi connectivity index (χ0n) is 16.2. The Labute approximate surface area is 162 Å². The maximum Gasteiger partial charge on any atom is 0.433 e. The number of hydrogen-bond acceptors (Lipinski definition) is 3. The van der Waals surface area contributed by atoms with Crippen molar-refractivity contribution in [1.82, 2.24) is 19.4 Å². The quantitative estimate of drug-likeness (QED) is 0.666. The van der Waals surface area contributed by atoms with Crippen molar-refractivity contribution in [2.75, 3.05) is 13.6 Å². The number of nitrogens with zero attached hydrogens (tertiary/aromatic N) is 4. The molecule has 4 heterocycles. The van der Waals surface area contributed by atoms with Gasteiger partial charge in [-0.2, -0.15) is 13.2 Å². The van der Waals surface area contributed by atoms with Gasteiger partial charge < -0.3 is 9.47 Å². The highest BCUT2D eigenvalue weighted by Crippen LogP contribution is 2.38. The number of fused-ring (bicyclic) bond motifs is 3. The zero-order valence-corrected chi connectivity index (χ0v) is 16.2. The van der Waals surface area contributed by atoms with Gasteiger partial charge in [-0.3, -0.25) is 4.98 Å². The van der Waals surface area contributed by atoms with Crippen LogP contribution in [-0.4, -0.2) is 33.0 Å². The fourth-order valence-electron chi connectivity index (χ4n) is 4.45. The molecule has 0 atom stereocenters. The predicted molar refractivity (Wildman–Crippen MR) is 102 cm³/mol. The summed E-state index contributed by atoms with van der Waals surface area (Å²) in [7, 11) is 2.12. The minimum Gasteiger partial charge on any atom is -0.328 e. The monoisotopic (exact) mass is 388 g/mol. The van der Waals surface area contributed by atoms with Crippen LogP contribution in [-0.2, 0) is 31.1 Å². The first-order valence-electron chi connectivity index (χ1n) is 9.34. The molecule has 3 aromatic heterocycles. The fourth-order valence-corrected chi connectivity index (χ4v) is 4.45. The summed E-state index contributed by atoms with van der Waals surface area (Å²) in [4.78, 5) is 10.5. The molecule has 0 saturated carbocycles. The Kier molecular flexibility index (Phi) is 4.45. The lowest BCUT2D eigenvalue weighted by atomic mass is 9.82. The van der Waals surface area contributed by atoms with E-state index in [4.69, 9.17) is 0 Å². The van der Waals surface area contributed by atoms with Crippen molar-refractivity contribution in [2.45, 2.75) is 44.9 Å². The number of pyridine rings is 2.